The number of ether oxygens (including phenoxy) is 2. The van der Waals surface area contributed by atoms with Crippen LogP contribution in [0, 0.1) is 5.92 Å². The number of carbonyl (C=O) groups excluding carboxylic acids is 1. The summed E-state index contributed by atoms with van der Waals surface area (Å²) in [6.45, 7) is 10.5. The van der Waals surface area contributed by atoms with Gasteiger partial charge in [0.2, 0.25) is 0 Å². The van der Waals surface area contributed by atoms with E-state index in [9.17, 15) is 4.79 Å². The van der Waals surface area contributed by atoms with Crippen LogP contribution in [0.3, 0.4) is 0 Å². The summed E-state index contributed by atoms with van der Waals surface area (Å²) in [6, 6.07) is 0. The highest BCUT2D eigenvalue weighted by Gasteiger charge is 2.55. The number of fused-ring (bicyclic) bond motifs is 2. The van der Waals surface area contributed by atoms with Gasteiger partial charge < -0.3 is 9.47 Å². The number of carbonyl (C=O) groups is 1. The van der Waals surface area contributed by atoms with Crippen LogP contribution >= 0.6 is 0 Å². The monoisotopic (exact) mass is 316 g/mol. The Morgan fingerprint density at radius 1 is 1.22 bits per heavy atom. The molecule has 0 radical (unpaired) electrons. The molecular formula is C20H28O3. The zero-order valence-electron chi connectivity index (χ0n) is 14.6. The first-order valence-corrected chi connectivity index (χ1v) is 8.78. The Balaban J connectivity index is 1.79. The minimum absolute atomic E-state index is 0.0892. The van der Waals surface area contributed by atoms with Gasteiger partial charge in [0.25, 0.3) is 0 Å². The molecule has 0 bridgehead atoms. The Morgan fingerprint density at radius 3 is 2.74 bits per heavy atom. The number of allylic oxidation sites excluding steroid dienone is 4. The third kappa shape index (κ3) is 3.60. The Kier molecular flexibility index (Phi) is 4.50. The van der Waals surface area contributed by atoms with Crippen molar-refractivity contribution in [1.29, 1.82) is 0 Å². The van der Waals surface area contributed by atoms with Crippen molar-refractivity contribution in [3.63, 3.8) is 0 Å². The fraction of sp³-hybridized carbons (Fsp3) is 0.650. The van der Waals surface area contributed by atoms with Gasteiger partial charge >= 0.3 is 5.97 Å². The lowest BCUT2D eigenvalue weighted by Gasteiger charge is -2.19. The molecule has 0 aromatic rings. The van der Waals surface area contributed by atoms with Gasteiger partial charge in [-0.2, -0.15) is 0 Å². The lowest BCUT2D eigenvalue weighted by atomic mass is 9.85. The van der Waals surface area contributed by atoms with Crippen LogP contribution in [0.1, 0.15) is 59.3 Å². The Hall–Kier alpha value is -1.35. The predicted octanol–water partition coefficient (Wildman–Crippen LogP) is 4.49. The van der Waals surface area contributed by atoms with E-state index in [4.69, 9.17) is 9.47 Å². The summed E-state index contributed by atoms with van der Waals surface area (Å²) < 4.78 is 11.6. The Bertz CT molecular complexity index is 571. The highest BCUT2D eigenvalue weighted by atomic mass is 16.6. The molecular weight excluding hydrogens is 288 g/mol. The number of hydrogen-bond donors (Lipinski definition) is 0. The molecule has 0 aromatic heterocycles. The molecule has 0 aromatic carbocycles. The van der Waals surface area contributed by atoms with Crippen molar-refractivity contribution < 1.29 is 14.3 Å². The van der Waals surface area contributed by atoms with E-state index in [-0.39, 0.29) is 23.6 Å². The quantitative estimate of drug-likeness (QED) is 0.286. The lowest BCUT2D eigenvalue weighted by Crippen LogP contribution is -2.25. The molecule has 3 nitrogen and oxygen atoms in total. The average molecular weight is 316 g/mol. The lowest BCUT2D eigenvalue weighted by molar-refractivity contribution is -0.139. The largest absolute Gasteiger partial charge is 0.458 e. The van der Waals surface area contributed by atoms with Gasteiger partial charge in [0.05, 0.1) is 11.7 Å². The summed E-state index contributed by atoms with van der Waals surface area (Å²) in [5, 5.41) is 0. The van der Waals surface area contributed by atoms with Crippen LogP contribution in [0.15, 0.2) is 35.5 Å². The first-order valence-electron chi connectivity index (χ1n) is 8.78. The van der Waals surface area contributed by atoms with Crippen molar-refractivity contribution >= 4 is 5.97 Å². The molecule has 0 unspecified atom stereocenters. The van der Waals surface area contributed by atoms with Crippen LogP contribution in [0.4, 0.5) is 0 Å². The first-order chi connectivity index (χ1) is 10.9. The molecule has 1 aliphatic carbocycles. The number of hydrogen-bond acceptors (Lipinski definition) is 3. The van der Waals surface area contributed by atoms with E-state index >= 15 is 0 Å². The van der Waals surface area contributed by atoms with Crippen molar-refractivity contribution in [2.75, 3.05) is 0 Å². The van der Waals surface area contributed by atoms with Crippen LogP contribution in [-0.4, -0.2) is 23.8 Å². The second-order valence-electron chi connectivity index (χ2n) is 7.61. The summed E-state index contributed by atoms with van der Waals surface area (Å²) in [4.78, 5) is 11.9. The highest BCUT2D eigenvalue weighted by Crippen LogP contribution is 2.47. The standard InChI is InChI=1S/C20H28O3/c1-13-6-5-7-14(2)9-11-18-20(4,23-18)12-17-16(10-8-13)15(3)19(21)22-17/h7-8,16-18H,3,5-6,9-12H2,1-2,4H3/b13-8+,14-7+/t16-,17+,18-,20-/m1/s1. The summed E-state index contributed by atoms with van der Waals surface area (Å²) in [5.41, 5.74) is 3.31. The van der Waals surface area contributed by atoms with Crippen molar-refractivity contribution in [3.05, 3.63) is 35.5 Å². The van der Waals surface area contributed by atoms with Crippen LogP contribution in [0.5, 0.6) is 0 Å². The molecule has 126 valence electrons. The molecule has 2 heterocycles. The van der Waals surface area contributed by atoms with Crippen LogP contribution in [-0.2, 0) is 14.3 Å². The highest BCUT2D eigenvalue weighted by molar-refractivity contribution is 5.90. The normalized spacial score (nSPS) is 43.2. The molecule has 3 aliphatic rings. The van der Waals surface area contributed by atoms with E-state index in [2.05, 4.69) is 39.5 Å². The Morgan fingerprint density at radius 2 is 1.96 bits per heavy atom. The molecule has 2 aliphatic heterocycles. The van der Waals surface area contributed by atoms with Crippen molar-refractivity contribution in [2.45, 2.75) is 77.1 Å². The molecule has 2 fully saturated rings. The summed E-state index contributed by atoms with van der Waals surface area (Å²) in [5.74, 6) is -0.131. The van der Waals surface area contributed by atoms with E-state index < -0.39 is 0 Å². The maximum Gasteiger partial charge on any atom is 0.334 e. The molecule has 0 saturated carbocycles. The van der Waals surface area contributed by atoms with Gasteiger partial charge in [-0.3, -0.25) is 0 Å². The molecule has 3 heteroatoms. The summed E-state index contributed by atoms with van der Waals surface area (Å²) >= 11 is 0. The minimum Gasteiger partial charge on any atom is -0.458 e. The molecule has 0 spiro atoms. The van der Waals surface area contributed by atoms with E-state index in [1.165, 1.54) is 11.1 Å². The topological polar surface area (TPSA) is 38.8 Å². The third-order valence-electron chi connectivity index (χ3n) is 5.61. The smallest absolute Gasteiger partial charge is 0.334 e. The SMILES string of the molecule is C=C1C(=O)O[C@H]2C[C@@]3(C)O[C@@H]3CC/C(C)=C/CC/C(C)=C/C[C@H]12. The van der Waals surface area contributed by atoms with Crippen LogP contribution in [0.25, 0.3) is 0 Å². The zero-order valence-corrected chi connectivity index (χ0v) is 14.6. The summed E-state index contributed by atoms with van der Waals surface area (Å²) in [6.07, 6.45) is 10.7. The number of esters is 1. The second kappa shape index (κ2) is 6.27. The first kappa shape index (κ1) is 16.5. The fourth-order valence-corrected chi connectivity index (χ4v) is 3.82. The van der Waals surface area contributed by atoms with Crippen LogP contribution in [0.2, 0.25) is 0 Å². The van der Waals surface area contributed by atoms with E-state index in [0.29, 0.717) is 11.7 Å². The molecule has 2 saturated heterocycles. The van der Waals surface area contributed by atoms with Crippen molar-refractivity contribution in [2.24, 2.45) is 5.92 Å². The molecule has 23 heavy (non-hydrogen) atoms. The van der Waals surface area contributed by atoms with Gasteiger partial charge in [0, 0.05) is 17.9 Å². The summed E-state index contributed by atoms with van der Waals surface area (Å²) in [7, 11) is 0. The van der Waals surface area contributed by atoms with Crippen molar-refractivity contribution in [3.8, 4) is 0 Å². The van der Waals surface area contributed by atoms with Gasteiger partial charge in [-0.25, -0.2) is 4.79 Å². The predicted molar refractivity (Wildman–Crippen MR) is 91.0 cm³/mol. The van der Waals surface area contributed by atoms with Gasteiger partial charge in [-0.15, -0.1) is 0 Å². The molecule has 4 atom stereocenters. The maximum atomic E-state index is 11.9. The fourth-order valence-electron chi connectivity index (χ4n) is 3.82. The maximum absolute atomic E-state index is 11.9. The van der Waals surface area contributed by atoms with Crippen molar-refractivity contribution in [1.82, 2.24) is 0 Å². The Labute approximate surface area is 139 Å². The molecule has 0 amide bonds. The van der Waals surface area contributed by atoms with Gasteiger partial charge in [-0.1, -0.05) is 29.9 Å². The van der Waals surface area contributed by atoms with E-state index in [1.807, 2.05) is 0 Å². The molecule has 0 N–H and O–H groups in total. The van der Waals surface area contributed by atoms with Gasteiger partial charge in [0.15, 0.2) is 0 Å². The van der Waals surface area contributed by atoms with E-state index in [0.717, 1.165) is 38.5 Å². The van der Waals surface area contributed by atoms with Gasteiger partial charge in [-0.05, 0) is 52.9 Å². The third-order valence-corrected chi connectivity index (χ3v) is 5.61. The number of epoxide rings is 1. The number of rotatable bonds is 0. The van der Waals surface area contributed by atoms with Gasteiger partial charge in [0.1, 0.15) is 6.10 Å². The van der Waals surface area contributed by atoms with Crippen LogP contribution < -0.4 is 0 Å². The zero-order chi connectivity index (χ0) is 16.6. The average Bonchev–Trinajstić information content (AvgIpc) is 3.05. The molecule has 3 rings (SSSR count). The minimum atomic E-state index is -0.228. The van der Waals surface area contributed by atoms with E-state index in [1.54, 1.807) is 0 Å². The second-order valence-corrected chi connectivity index (χ2v) is 7.61.